The summed E-state index contributed by atoms with van der Waals surface area (Å²) in [5.74, 6) is -0.843. The van der Waals surface area contributed by atoms with Crippen LogP contribution in [0.2, 0.25) is 0 Å². The third kappa shape index (κ3) is 4.70. The van der Waals surface area contributed by atoms with Crippen LogP contribution in [0, 0.1) is 0 Å². The molecule has 6 nitrogen and oxygen atoms in total. The van der Waals surface area contributed by atoms with E-state index in [9.17, 15) is 9.59 Å². The standard InChI is InChI=1S/C13H24N2O4/c1-9-6-14(12(18)19-13(3,4)5)7-10(2)15(9)8-11(16)17/h9-10H,6-8H2,1-5H3,(H,16,17)/t9-,10+. The van der Waals surface area contributed by atoms with Crippen molar-refractivity contribution in [3.63, 3.8) is 0 Å². The summed E-state index contributed by atoms with van der Waals surface area (Å²) >= 11 is 0. The number of carbonyl (C=O) groups is 2. The van der Waals surface area contributed by atoms with Gasteiger partial charge in [-0.25, -0.2) is 4.79 Å². The van der Waals surface area contributed by atoms with Gasteiger partial charge >= 0.3 is 12.1 Å². The quantitative estimate of drug-likeness (QED) is 0.823. The summed E-state index contributed by atoms with van der Waals surface area (Å²) in [7, 11) is 0. The third-order valence-electron chi connectivity index (χ3n) is 3.07. The molecule has 6 heteroatoms. The lowest BCUT2D eigenvalue weighted by molar-refractivity contribution is -0.140. The van der Waals surface area contributed by atoms with Gasteiger partial charge in [0.05, 0.1) is 6.54 Å². The van der Waals surface area contributed by atoms with Gasteiger partial charge in [-0.15, -0.1) is 0 Å². The van der Waals surface area contributed by atoms with E-state index in [4.69, 9.17) is 9.84 Å². The Kier molecular flexibility index (Phi) is 4.79. The Balaban J connectivity index is 2.64. The fourth-order valence-electron chi connectivity index (χ4n) is 2.30. The van der Waals surface area contributed by atoms with Crippen molar-refractivity contribution < 1.29 is 19.4 Å². The third-order valence-corrected chi connectivity index (χ3v) is 3.07. The van der Waals surface area contributed by atoms with Crippen molar-refractivity contribution >= 4 is 12.1 Å². The molecule has 1 fully saturated rings. The molecule has 1 heterocycles. The van der Waals surface area contributed by atoms with Crippen LogP contribution in [0.5, 0.6) is 0 Å². The van der Waals surface area contributed by atoms with Gasteiger partial charge in [-0.1, -0.05) is 0 Å². The summed E-state index contributed by atoms with van der Waals surface area (Å²) < 4.78 is 5.34. The van der Waals surface area contributed by atoms with E-state index in [1.54, 1.807) is 4.90 Å². The summed E-state index contributed by atoms with van der Waals surface area (Å²) in [6.45, 7) is 10.3. The molecule has 0 aromatic rings. The lowest BCUT2D eigenvalue weighted by Crippen LogP contribution is -2.59. The van der Waals surface area contributed by atoms with Crippen LogP contribution in [0.1, 0.15) is 34.6 Å². The Morgan fingerprint density at radius 2 is 1.68 bits per heavy atom. The number of carboxylic acid groups (broad SMARTS) is 1. The first kappa shape index (κ1) is 15.8. The van der Waals surface area contributed by atoms with E-state index in [2.05, 4.69) is 0 Å². The summed E-state index contributed by atoms with van der Waals surface area (Å²) in [5.41, 5.74) is -0.512. The van der Waals surface area contributed by atoms with Gasteiger partial charge in [-0.05, 0) is 34.6 Å². The molecule has 2 atom stereocenters. The maximum absolute atomic E-state index is 12.0. The van der Waals surface area contributed by atoms with Gasteiger partial charge in [0.15, 0.2) is 0 Å². The van der Waals surface area contributed by atoms with Crippen molar-refractivity contribution in [2.45, 2.75) is 52.3 Å². The van der Waals surface area contributed by atoms with Crippen molar-refractivity contribution in [2.75, 3.05) is 19.6 Å². The molecule has 0 spiro atoms. The monoisotopic (exact) mass is 272 g/mol. The second-order valence-electron chi connectivity index (χ2n) is 6.15. The maximum Gasteiger partial charge on any atom is 0.410 e. The SMILES string of the molecule is C[C@@H]1CN(C(=O)OC(C)(C)C)C[C@H](C)N1CC(=O)O. The first-order chi connectivity index (χ1) is 8.60. The summed E-state index contributed by atoms with van der Waals surface area (Å²) in [6, 6.07) is 0.0136. The molecule has 1 rings (SSSR count). The molecule has 0 saturated carbocycles. The van der Waals surface area contributed by atoms with E-state index in [1.165, 1.54) is 0 Å². The highest BCUT2D eigenvalue weighted by Gasteiger charge is 2.34. The predicted octanol–water partition coefficient (Wildman–Crippen LogP) is 1.40. The van der Waals surface area contributed by atoms with Gasteiger partial charge in [0.1, 0.15) is 5.60 Å². The molecule has 110 valence electrons. The van der Waals surface area contributed by atoms with Crippen LogP contribution in [0.25, 0.3) is 0 Å². The van der Waals surface area contributed by atoms with E-state index < -0.39 is 11.6 Å². The minimum Gasteiger partial charge on any atom is -0.480 e. The van der Waals surface area contributed by atoms with Gasteiger partial charge < -0.3 is 14.7 Å². The van der Waals surface area contributed by atoms with Crippen molar-refractivity contribution in [3.05, 3.63) is 0 Å². The molecular weight excluding hydrogens is 248 g/mol. The molecule has 0 aromatic carbocycles. The smallest absolute Gasteiger partial charge is 0.410 e. The highest BCUT2D eigenvalue weighted by Crippen LogP contribution is 2.18. The van der Waals surface area contributed by atoms with Gasteiger partial charge in [-0.2, -0.15) is 0 Å². The number of ether oxygens (including phenoxy) is 1. The zero-order valence-corrected chi connectivity index (χ0v) is 12.3. The van der Waals surface area contributed by atoms with Crippen LogP contribution < -0.4 is 0 Å². The van der Waals surface area contributed by atoms with Crippen molar-refractivity contribution in [1.29, 1.82) is 0 Å². The summed E-state index contributed by atoms with van der Waals surface area (Å²) in [4.78, 5) is 26.4. The second kappa shape index (κ2) is 5.77. The first-order valence-electron chi connectivity index (χ1n) is 6.55. The number of hydrogen-bond donors (Lipinski definition) is 1. The number of nitrogens with zero attached hydrogens (tertiary/aromatic N) is 2. The topological polar surface area (TPSA) is 70.1 Å². The van der Waals surface area contributed by atoms with Crippen LogP contribution in [0.15, 0.2) is 0 Å². The minimum atomic E-state index is -0.843. The molecule has 1 aliphatic heterocycles. The molecule has 1 aliphatic rings. The number of hydrogen-bond acceptors (Lipinski definition) is 4. The van der Waals surface area contributed by atoms with E-state index in [-0.39, 0.29) is 24.7 Å². The van der Waals surface area contributed by atoms with E-state index >= 15 is 0 Å². The van der Waals surface area contributed by atoms with Crippen LogP contribution in [0.4, 0.5) is 4.79 Å². The molecule has 0 radical (unpaired) electrons. The first-order valence-corrected chi connectivity index (χ1v) is 6.55. The van der Waals surface area contributed by atoms with E-state index in [1.807, 2.05) is 39.5 Å². The lowest BCUT2D eigenvalue weighted by Gasteiger charge is -2.43. The Labute approximate surface area is 114 Å². The number of piperazine rings is 1. The number of amides is 1. The van der Waals surface area contributed by atoms with Crippen molar-refractivity contribution in [2.24, 2.45) is 0 Å². The zero-order valence-electron chi connectivity index (χ0n) is 12.3. The number of aliphatic carboxylic acids is 1. The minimum absolute atomic E-state index is 0.00446. The molecule has 0 aliphatic carbocycles. The van der Waals surface area contributed by atoms with Gasteiger partial charge in [0.2, 0.25) is 0 Å². The number of rotatable bonds is 2. The fraction of sp³-hybridized carbons (Fsp3) is 0.846. The molecule has 1 amide bonds. The van der Waals surface area contributed by atoms with Gasteiger partial charge in [-0.3, -0.25) is 9.69 Å². The molecule has 19 heavy (non-hydrogen) atoms. The van der Waals surface area contributed by atoms with Crippen LogP contribution in [-0.2, 0) is 9.53 Å². The average molecular weight is 272 g/mol. The zero-order chi connectivity index (χ0) is 14.8. The van der Waals surface area contributed by atoms with Crippen LogP contribution in [-0.4, -0.2) is 64.3 Å². The molecule has 0 unspecified atom stereocenters. The molecule has 0 aromatic heterocycles. The average Bonchev–Trinajstić information content (AvgIpc) is 2.20. The maximum atomic E-state index is 12.0. The van der Waals surface area contributed by atoms with E-state index in [0.29, 0.717) is 13.1 Å². The molecule has 0 bridgehead atoms. The Morgan fingerprint density at radius 1 is 1.21 bits per heavy atom. The van der Waals surface area contributed by atoms with Crippen LogP contribution >= 0.6 is 0 Å². The molecule has 1 N–H and O–H groups in total. The van der Waals surface area contributed by atoms with Crippen molar-refractivity contribution in [1.82, 2.24) is 9.80 Å². The van der Waals surface area contributed by atoms with Crippen LogP contribution in [0.3, 0.4) is 0 Å². The summed E-state index contributed by atoms with van der Waals surface area (Å²) in [5, 5.41) is 8.88. The number of carbonyl (C=O) groups excluding carboxylic acids is 1. The number of carboxylic acids is 1. The highest BCUT2D eigenvalue weighted by molar-refractivity contribution is 5.70. The Hall–Kier alpha value is -1.30. The molecular formula is C13H24N2O4. The van der Waals surface area contributed by atoms with Crippen molar-refractivity contribution in [3.8, 4) is 0 Å². The fourth-order valence-corrected chi connectivity index (χ4v) is 2.30. The summed E-state index contributed by atoms with van der Waals surface area (Å²) in [6.07, 6.45) is -0.332. The normalized spacial score (nSPS) is 25.2. The largest absolute Gasteiger partial charge is 0.480 e. The van der Waals surface area contributed by atoms with E-state index in [0.717, 1.165) is 0 Å². The second-order valence-corrected chi connectivity index (χ2v) is 6.15. The Morgan fingerprint density at radius 3 is 2.05 bits per heavy atom. The highest BCUT2D eigenvalue weighted by atomic mass is 16.6. The Bertz CT molecular complexity index is 339. The van der Waals surface area contributed by atoms with Gasteiger partial charge in [0, 0.05) is 25.2 Å². The predicted molar refractivity (Wildman–Crippen MR) is 71.1 cm³/mol. The van der Waals surface area contributed by atoms with Gasteiger partial charge in [0.25, 0.3) is 0 Å². The molecule has 1 saturated heterocycles. The lowest BCUT2D eigenvalue weighted by atomic mass is 10.1.